The van der Waals surface area contributed by atoms with Crippen LogP contribution >= 0.6 is 45.9 Å². The fraction of sp³-hybridized carbons (Fsp3) is 0.286. The van der Waals surface area contributed by atoms with E-state index >= 15 is 0 Å². The van der Waals surface area contributed by atoms with Gasteiger partial charge in [-0.3, -0.25) is 14.5 Å². The second-order valence-corrected chi connectivity index (χ2v) is 9.94. The van der Waals surface area contributed by atoms with Crippen LogP contribution < -0.4 is 5.32 Å². The Labute approximate surface area is 202 Å². The van der Waals surface area contributed by atoms with Gasteiger partial charge < -0.3 is 15.0 Å². The van der Waals surface area contributed by atoms with Gasteiger partial charge in [-0.15, -0.1) is 22.7 Å². The van der Waals surface area contributed by atoms with Gasteiger partial charge in [0.1, 0.15) is 9.88 Å². The molecule has 0 aliphatic carbocycles. The highest BCUT2D eigenvalue weighted by Crippen LogP contribution is 2.37. The van der Waals surface area contributed by atoms with Crippen molar-refractivity contribution >= 4 is 78.7 Å². The van der Waals surface area contributed by atoms with Crippen LogP contribution in [0.25, 0.3) is 10.1 Å². The van der Waals surface area contributed by atoms with Crippen LogP contribution in [0, 0.1) is 0 Å². The Bertz CT molecular complexity index is 1190. The van der Waals surface area contributed by atoms with Crippen LogP contribution in [0.3, 0.4) is 0 Å². The largest absolute Gasteiger partial charge is 0.465 e. The molecular weight excluding hydrogens is 493 g/mol. The molecule has 1 fully saturated rings. The Morgan fingerprint density at radius 1 is 1.12 bits per heavy atom. The number of nitrogens with zero attached hydrogens (tertiary/aromatic N) is 2. The number of fused-ring (bicyclic) bond motifs is 1. The topological polar surface area (TPSA) is 79.0 Å². The maximum absolute atomic E-state index is 13.0. The molecule has 1 saturated heterocycles. The number of carbonyl (C=O) groups is 3. The molecule has 0 atom stereocenters. The number of piperazine rings is 1. The smallest absolute Gasteiger partial charge is 0.340 e. The van der Waals surface area contributed by atoms with Gasteiger partial charge in [-0.05, 0) is 23.6 Å². The fourth-order valence-corrected chi connectivity index (χ4v) is 6.02. The van der Waals surface area contributed by atoms with Crippen LogP contribution in [0.4, 0.5) is 5.00 Å². The molecule has 3 heterocycles. The number of benzene rings is 1. The number of thiophene rings is 2. The number of carbonyl (C=O) groups excluding carboxylic acids is 3. The van der Waals surface area contributed by atoms with E-state index < -0.39 is 5.97 Å². The number of hydrogen-bond donors (Lipinski definition) is 1. The van der Waals surface area contributed by atoms with Crippen molar-refractivity contribution in [2.75, 3.05) is 45.2 Å². The van der Waals surface area contributed by atoms with Crippen LogP contribution in [-0.2, 0) is 9.53 Å². The number of nitrogens with one attached hydrogen (secondary N) is 1. The number of ether oxygens (including phenoxy) is 1. The highest BCUT2D eigenvalue weighted by atomic mass is 35.5. The predicted molar refractivity (Wildman–Crippen MR) is 128 cm³/mol. The molecule has 1 aliphatic heterocycles. The van der Waals surface area contributed by atoms with Crippen molar-refractivity contribution < 1.29 is 19.1 Å². The van der Waals surface area contributed by atoms with Crippen LogP contribution in [0.1, 0.15) is 20.0 Å². The molecule has 0 spiro atoms. The zero-order valence-electron chi connectivity index (χ0n) is 17.0. The molecule has 0 bridgehead atoms. The Hall–Kier alpha value is -2.17. The van der Waals surface area contributed by atoms with E-state index in [0.29, 0.717) is 51.7 Å². The van der Waals surface area contributed by atoms with E-state index in [2.05, 4.69) is 5.32 Å². The van der Waals surface area contributed by atoms with E-state index in [1.807, 2.05) is 11.0 Å². The third-order valence-electron chi connectivity index (χ3n) is 5.14. The third-order valence-corrected chi connectivity index (χ3v) is 7.85. The first-order chi connectivity index (χ1) is 15.4. The lowest BCUT2D eigenvalue weighted by atomic mass is 10.2. The number of esters is 1. The molecule has 1 N–H and O–H groups in total. The average Bonchev–Trinajstić information content (AvgIpc) is 3.37. The minimum atomic E-state index is -0.490. The first kappa shape index (κ1) is 23.0. The molecule has 32 heavy (non-hydrogen) atoms. The highest BCUT2D eigenvalue weighted by molar-refractivity contribution is 7.21. The molecule has 11 heteroatoms. The molecule has 4 rings (SSSR count). The lowest BCUT2D eigenvalue weighted by molar-refractivity contribution is -0.117. The number of methoxy groups -OCH3 is 1. The van der Waals surface area contributed by atoms with E-state index in [1.165, 1.54) is 29.8 Å². The van der Waals surface area contributed by atoms with E-state index in [0.717, 1.165) is 10.1 Å². The van der Waals surface area contributed by atoms with E-state index in [1.54, 1.807) is 28.5 Å². The number of halogens is 2. The summed E-state index contributed by atoms with van der Waals surface area (Å²) in [4.78, 5) is 41.4. The first-order valence-corrected chi connectivity index (χ1v) is 12.2. The Morgan fingerprint density at radius 3 is 2.59 bits per heavy atom. The van der Waals surface area contributed by atoms with Gasteiger partial charge in [0.2, 0.25) is 5.91 Å². The van der Waals surface area contributed by atoms with Gasteiger partial charge in [0.25, 0.3) is 5.91 Å². The lowest BCUT2D eigenvalue weighted by Crippen LogP contribution is -2.50. The van der Waals surface area contributed by atoms with Crippen LogP contribution in [0.2, 0.25) is 10.0 Å². The van der Waals surface area contributed by atoms with E-state index in [9.17, 15) is 14.4 Å². The highest BCUT2D eigenvalue weighted by Gasteiger charge is 2.27. The molecular formula is C21H19Cl2N3O4S2. The minimum absolute atomic E-state index is 0.113. The molecule has 0 unspecified atom stereocenters. The minimum Gasteiger partial charge on any atom is -0.465 e. The van der Waals surface area contributed by atoms with Gasteiger partial charge in [-0.25, -0.2) is 4.79 Å². The van der Waals surface area contributed by atoms with Gasteiger partial charge in [0, 0.05) is 41.3 Å². The lowest BCUT2D eigenvalue weighted by Gasteiger charge is -2.34. The molecule has 2 amide bonds. The number of hydrogen-bond acceptors (Lipinski definition) is 7. The summed E-state index contributed by atoms with van der Waals surface area (Å²) in [6.07, 6.45) is 0. The van der Waals surface area contributed by atoms with Gasteiger partial charge in [0.05, 0.1) is 24.2 Å². The summed E-state index contributed by atoms with van der Waals surface area (Å²) in [5.74, 6) is -0.824. The normalized spacial score (nSPS) is 14.5. The third kappa shape index (κ3) is 4.77. The summed E-state index contributed by atoms with van der Waals surface area (Å²) in [5.41, 5.74) is 0.336. The van der Waals surface area contributed by atoms with Gasteiger partial charge >= 0.3 is 5.97 Å². The van der Waals surface area contributed by atoms with Crippen LogP contribution in [0.15, 0.2) is 29.6 Å². The Kier molecular flexibility index (Phi) is 7.02. The van der Waals surface area contributed by atoms with Crippen molar-refractivity contribution in [3.05, 3.63) is 50.1 Å². The molecule has 168 valence electrons. The SMILES string of the molecule is COC(=O)c1ccsc1NC(=O)CN1CCN(C(=O)c2sc3cc(Cl)ccc3c2Cl)CC1. The van der Waals surface area contributed by atoms with E-state index in [4.69, 9.17) is 27.9 Å². The number of rotatable bonds is 5. The predicted octanol–water partition coefficient (Wildman–Crippen LogP) is 4.45. The summed E-state index contributed by atoms with van der Waals surface area (Å²) in [7, 11) is 1.30. The van der Waals surface area contributed by atoms with Crippen molar-refractivity contribution in [3.63, 3.8) is 0 Å². The molecule has 3 aromatic rings. The number of amides is 2. The summed E-state index contributed by atoms with van der Waals surface area (Å²) in [6.45, 7) is 2.26. The summed E-state index contributed by atoms with van der Waals surface area (Å²) in [6, 6.07) is 7.00. The molecule has 1 aromatic carbocycles. The maximum Gasteiger partial charge on any atom is 0.340 e. The molecule has 0 saturated carbocycles. The fourth-order valence-electron chi connectivity index (χ4n) is 3.48. The van der Waals surface area contributed by atoms with Crippen molar-refractivity contribution in [1.29, 1.82) is 0 Å². The van der Waals surface area contributed by atoms with Gasteiger partial charge in [0.15, 0.2) is 0 Å². The maximum atomic E-state index is 13.0. The summed E-state index contributed by atoms with van der Waals surface area (Å²) in [5, 5.41) is 6.83. The summed E-state index contributed by atoms with van der Waals surface area (Å²) < 4.78 is 5.60. The molecule has 1 aliphatic rings. The van der Waals surface area contributed by atoms with Crippen molar-refractivity contribution in [3.8, 4) is 0 Å². The van der Waals surface area contributed by atoms with E-state index in [-0.39, 0.29) is 18.4 Å². The number of anilines is 1. The van der Waals surface area contributed by atoms with Gasteiger partial charge in [-0.1, -0.05) is 29.3 Å². The van der Waals surface area contributed by atoms with Crippen LogP contribution in [-0.4, -0.2) is 67.4 Å². The van der Waals surface area contributed by atoms with Gasteiger partial charge in [-0.2, -0.15) is 0 Å². The summed E-state index contributed by atoms with van der Waals surface area (Å²) >= 11 is 15.1. The zero-order chi connectivity index (χ0) is 22.8. The Morgan fingerprint density at radius 2 is 1.88 bits per heavy atom. The van der Waals surface area contributed by atoms with Crippen molar-refractivity contribution in [2.45, 2.75) is 0 Å². The average molecular weight is 512 g/mol. The second-order valence-electron chi connectivity index (χ2n) is 7.16. The molecule has 0 radical (unpaired) electrons. The Balaban J connectivity index is 1.34. The van der Waals surface area contributed by atoms with Crippen molar-refractivity contribution in [2.24, 2.45) is 0 Å². The standard InChI is InChI=1S/C21H19Cl2N3O4S2/c1-30-21(29)14-4-9-31-19(14)24-16(27)11-25-5-7-26(8-6-25)20(28)18-17(23)13-3-2-12(22)10-15(13)32-18/h2-4,9-10H,5-8,11H2,1H3,(H,24,27). The quantitative estimate of drug-likeness (QED) is 0.511. The molecule has 2 aromatic heterocycles. The molecule has 7 nitrogen and oxygen atoms in total. The van der Waals surface area contributed by atoms with Crippen molar-refractivity contribution in [1.82, 2.24) is 9.80 Å². The second kappa shape index (κ2) is 9.76. The van der Waals surface area contributed by atoms with Crippen LogP contribution in [0.5, 0.6) is 0 Å². The first-order valence-electron chi connectivity index (χ1n) is 9.72. The monoisotopic (exact) mass is 511 g/mol. The zero-order valence-corrected chi connectivity index (χ0v) is 20.2.